The van der Waals surface area contributed by atoms with E-state index >= 15 is 0 Å². The van der Waals surface area contributed by atoms with E-state index in [1.165, 1.54) is 18.5 Å². The summed E-state index contributed by atoms with van der Waals surface area (Å²) >= 11 is 0. The zero-order valence-electron chi connectivity index (χ0n) is 14.0. The molecule has 0 spiro atoms. The number of nitrogens with zero attached hydrogens (tertiary/aromatic N) is 1. The Kier molecular flexibility index (Phi) is 5.21. The number of hydrogen-bond donors (Lipinski definition) is 1. The highest BCUT2D eigenvalue weighted by Crippen LogP contribution is 2.23. The van der Waals surface area contributed by atoms with Crippen LogP contribution < -0.4 is 9.62 Å². The molecule has 1 fully saturated rings. The lowest BCUT2D eigenvalue weighted by Crippen LogP contribution is -2.34. The van der Waals surface area contributed by atoms with Crippen molar-refractivity contribution >= 4 is 15.7 Å². The van der Waals surface area contributed by atoms with Gasteiger partial charge in [-0.25, -0.2) is 13.1 Å². The van der Waals surface area contributed by atoms with Crippen LogP contribution in [0.1, 0.15) is 25.3 Å². The molecule has 2 aromatic rings. The molecule has 1 N–H and O–H groups in total. The fraction of sp³-hybridized carbons (Fsp3) is 0.368. The predicted molar refractivity (Wildman–Crippen MR) is 97.5 cm³/mol. The minimum Gasteiger partial charge on any atom is -0.371 e. The Hall–Kier alpha value is -1.85. The van der Waals surface area contributed by atoms with E-state index < -0.39 is 10.0 Å². The molecule has 24 heavy (non-hydrogen) atoms. The first kappa shape index (κ1) is 17.0. The van der Waals surface area contributed by atoms with Crippen LogP contribution >= 0.6 is 0 Å². The maximum absolute atomic E-state index is 12.2. The van der Waals surface area contributed by atoms with Gasteiger partial charge in [0.05, 0.1) is 4.90 Å². The maximum atomic E-state index is 12.2. The molecule has 0 aromatic heterocycles. The van der Waals surface area contributed by atoms with Gasteiger partial charge in [0.2, 0.25) is 10.0 Å². The van der Waals surface area contributed by atoms with Crippen LogP contribution in [0.4, 0.5) is 5.69 Å². The fourth-order valence-electron chi connectivity index (χ4n) is 3.11. The number of nitrogens with one attached hydrogen (secondary N) is 1. The first-order chi connectivity index (χ1) is 11.5. The highest BCUT2D eigenvalue weighted by Gasteiger charge is 2.17. The Morgan fingerprint density at radius 1 is 1.08 bits per heavy atom. The van der Waals surface area contributed by atoms with E-state index in [0.717, 1.165) is 24.6 Å². The Labute approximate surface area is 144 Å². The van der Waals surface area contributed by atoms with Crippen LogP contribution in [-0.2, 0) is 16.6 Å². The topological polar surface area (TPSA) is 49.4 Å². The molecule has 0 aliphatic carbocycles. The van der Waals surface area contributed by atoms with Crippen molar-refractivity contribution in [3.05, 3.63) is 60.2 Å². The van der Waals surface area contributed by atoms with Crippen LogP contribution in [0.15, 0.2) is 59.5 Å². The molecule has 3 rings (SSSR count). The molecule has 1 aliphatic heterocycles. The third-order valence-electron chi connectivity index (χ3n) is 4.48. The van der Waals surface area contributed by atoms with E-state index in [4.69, 9.17) is 0 Å². The zero-order valence-corrected chi connectivity index (χ0v) is 14.8. The summed E-state index contributed by atoms with van der Waals surface area (Å²) in [5, 5.41) is 0. The molecule has 1 atom stereocenters. The summed E-state index contributed by atoms with van der Waals surface area (Å²) in [4.78, 5) is 2.70. The Balaban J connectivity index is 1.62. The minimum atomic E-state index is -3.46. The summed E-state index contributed by atoms with van der Waals surface area (Å²) in [5.74, 6) is 0.733. The third-order valence-corrected chi connectivity index (χ3v) is 5.90. The molecule has 0 saturated carbocycles. The van der Waals surface area contributed by atoms with Crippen molar-refractivity contribution in [3.63, 3.8) is 0 Å². The van der Waals surface area contributed by atoms with E-state index in [1.54, 1.807) is 30.3 Å². The van der Waals surface area contributed by atoms with Crippen molar-refractivity contribution in [1.29, 1.82) is 0 Å². The van der Waals surface area contributed by atoms with Crippen molar-refractivity contribution in [2.24, 2.45) is 5.92 Å². The highest BCUT2D eigenvalue weighted by atomic mass is 32.2. The largest absolute Gasteiger partial charge is 0.371 e. The van der Waals surface area contributed by atoms with Gasteiger partial charge < -0.3 is 4.90 Å². The number of hydrogen-bond acceptors (Lipinski definition) is 3. The summed E-state index contributed by atoms with van der Waals surface area (Å²) in [6, 6.07) is 16.6. The van der Waals surface area contributed by atoms with Gasteiger partial charge >= 0.3 is 0 Å². The lowest BCUT2D eigenvalue weighted by Gasteiger charge is -2.32. The average Bonchev–Trinajstić information content (AvgIpc) is 2.61. The van der Waals surface area contributed by atoms with Crippen LogP contribution in [0.3, 0.4) is 0 Å². The third kappa shape index (κ3) is 4.16. The summed E-state index contributed by atoms with van der Waals surface area (Å²) in [6.07, 6.45) is 2.54. The van der Waals surface area contributed by atoms with Gasteiger partial charge in [-0.15, -0.1) is 0 Å². The summed E-state index contributed by atoms with van der Waals surface area (Å²) < 4.78 is 27.1. The van der Waals surface area contributed by atoms with Gasteiger partial charge in [-0.1, -0.05) is 37.3 Å². The van der Waals surface area contributed by atoms with Gasteiger partial charge in [-0.05, 0) is 48.6 Å². The van der Waals surface area contributed by atoms with Crippen molar-refractivity contribution in [3.8, 4) is 0 Å². The van der Waals surface area contributed by atoms with Gasteiger partial charge in [-0.2, -0.15) is 0 Å². The second kappa shape index (κ2) is 7.36. The molecule has 1 aliphatic rings. The molecule has 4 nitrogen and oxygen atoms in total. The Bertz CT molecular complexity index is 758. The predicted octanol–water partition coefficient (Wildman–Crippen LogP) is 3.40. The second-order valence-corrected chi connectivity index (χ2v) is 8.26. The van der Waals surface area contributed by atoms with Crippen molar-refractivity contribution in [1.82, 2.24) is 4.72 Å². The molecular formula is C19H24N2O2S. The second-order valence-electron chi connectivity index (χ2n) is 6.50. The average molecular weight is 344 g/mol. The molecule has 0 bridgehead atoms. The van der Waals surface area contributed by atoms with E-state index in [2.05, 4.69) is 28.7 Å². The molecule has 2 aromatic carbocycles. The van der Waals surface area contributed by atoms with Crippen LogP contribution in [0, 0.1) is 5.92 Å². The zero-order chi connectivity index (χ0) is 17.0. The lowest BCUT2D eigenvalue weighted by atomic mass is 9.99. The summed E-state index contributed by atoms with van der Waals surface area (Å²) in [5.41, 5.74) is 2.18. The van der Waals surface area contributed by atoms with Crippen LogP contribution in [-0.4, -0.2) is 21.5 Å². The van der Waals surface area contributed by atoms with Gasteiger partial charge in [0.1, 0.15) is 0 Å². The Morgan fingerprint density at radius 3 is 2.46 bits per heavy atom. The van der Waals surface area contributed by atoms with Crippen LogP contribution in [0.5, 0.6) is 0 Å². The molecule has 5 heteroatoms. The maximum Gasteiger partial charge on any atom is 0.240 e. The Morgan fingerprint density at radius 2 is 1.79 bits per heavy atom. The van der Waals surface area contributed by atoms with Crippen LogP contribution in [0.25, 0.3) is 0 Å². The summed E-state index contributed by atoms with van der Waals surface area (Å²) in [6.45, 7) is 4.79. The molecule has 128 valence electrons. The number of sulfonamides is 1. The van der Waals surface area contributed by atoms with Gasteiger partial charge in [0.25, 0.3) is 0 Å². The molecule has 1 heterocycles. The monoisotopic (exact) mass is 344 g/mol. The van der Waals surface area contributed by atoms with Gasteiger partial charge in [0.15, 0.2) is 0 Å². The molecule has 1 unspecified atom stereocenters. The first-order valence-electron chi connectivity index (χ1n) is 8.43. The molecular weight excluding hydrogens is 320 g/mol. The summed E-state index contributed by atoms with van der Waals surface area (Å²) in [7, 11) is -3.46. The van der Waals surface area contributed by atoms with E-state index in [1.807, 2.05) is 12.1 Å². The number of piperidine rings is 1. The van der Waals surface area contributed by atoms with Gasteiger partial charge in [0, 0.05) is 25.3 Å². The lowest BCUT2D eigenvalue weighted by molar-refractivity contribution is 0.447. The van der Waals surface area contributed by atoms with E-state index in [0.29, 0.717) is 11.4 Å². The molecule has 0 radical (unpaired) electrons. The molecule has 0 amide bonds. The van der Waals surface area contributed by atoms with Gasteiger partial charge in [-0.3, -0.25) is 0 Å². The highest BCUT2D eigenvalue weighted by molar-refractivity contribution is 7.89. The van der Waals surface area contributed by atoms with Crippen molar-refractivity contribution in [2.45, 2.75) is 31.2 Å². The minimum absolute atomic E-state index is 0.295. The van der Waals surface area contributed by atoms with Crippen molar-refractivity contribution < 1.29 is 8.42 Å². The SMILES string of the molecule is CC1CCCN(c2ccc(CNS(=O)(=O)c3ccccc3)cc2)C1. The fourth-order valence-corrected chi connectivity index (χ4v) is 4.15. The first-order valence-corrected chi connectivity index (χ1v) is 9.91. The normalized spacial score (nSPS) is 18.5. The van der Waals surface area contributed by atoms with Crippen molar-refractivity contribution in [2.75, 3.05) is 18.0 Å². The molecule has 1 saturated heterocycles. The van der Waals surface area contributed by atoms with Crippen LogP contribution in [0.2, 0.25) is 0 Å². The van der Waals surface area contributed by atoms with E-state index in [-0.39, 0.29) is 0 Å². The van der Waals surface area contributed by atoms with E-state index in [9.17, 15) is 8.42 Å². The number of rotatable bonds is 5. The standard InChI is InChI=1S/C19H24N2O2S/c1-16-6-5-13-21(15-16)18-11-9-17(10-12-18)14-20-24(22,23)19-7-3-2-4-8-19/h2-4,7-12,16,20H,5-6,13-15H2,1H3. The quantitative estimate of drug-likeness (QED) is 0.904. The smallest absolute Gasteiger partial charge is 0.240 e. The number of anilines is 1. The number of benzene rings is 2.